The van der Waals surface area contributed by atoms with Gasteiger partial charge in [0.15, 0.2) is 0 Å². The molecule has 7 heteroatoms. The van der Waals surface area contributed by atoms with Crippen LogP contribution in [-0.4, -0.2) is 52.5 Å². The lowest BCUT2D eigenvalue weighted by molar-refractivity contribution is -0.155. The molecule has 0 saturated carbocycles. The molecular formula is C23H39N3O4. The lowest BCUT2D eigenvalue weighted by Gasteiger charge is -2.42. The van der Waals surface area contributed by atoms with E-state index < -0.39 is 17.4 Å². The van der Waals surface area contributed by atoms with Gasteiger partial charge >= 0.3 is 0 Å². The van der Waals surface area contributed by atoms with Gasteiger partial charge in [0.05, 0.1) is 12.5 Å². The van der Waals surface area contributed by atoms with E-state index in [9.17, 15) is 19.6 Å². The third-order valence-electron chi connectivity index (χ3n) is 6.25. The van der Waals surface area contributed by atoms with Crippen LogP contribution >= 0.6 is 0 Å². The summed E-state index contributed by atoms with van der Waals surface area (Å²) in [6.45, 7) is 8.51. The minimum Gasteiger partial charge on any atom is -0.343 e. The minimum atomic E-state index is -0.668. The number of amides is 3. The SMILES string of the molecule is CCCC[C@H](CN(O)C=O)C(=O)NC(C(=O)N1CCCC2CCCC=C21)C(C)(C)C. The molecule has 2 rings (SSSR count). The molecule has 1 saturated heterocycles. The Morgan fingerprint density at radius 1 is 1.33 bits per heavy atom. The van der Waals surface area contributed by atoms with E-state index in [0.717, 1.165) is 44.2 Å². The molecule has 30 heavy (non-hydrogen) atoms. The van der Waals surface area contributed by atoms with Crippen molar-refractivity contribution in [2.45, 2.75) is 85.1 Å². The molecule has 2 N–H and O–H groups in total. The summed E-state index contributed by atoms with van der Waals surface area (Å²) >= 11 is 0. The number of rotatable bonds is 9. The van der Waals surface area contributed by atoms with E-state index in [0.29, 0.717) is 30.4 Å². The first-order chi connectivity index (χ1) is 14.2. The molecule has 2 unspecified atom stereocenters. The van der Waals surface area contributed by atoms with Crippen LogP contribution in [0.4, 0.5) is 0 Å². The summed E-state index contributed by atoms with van der Waals surface area (Å²) in [4.78, 5) is 39.4. The molecule has 0 bridgehead atoms. The van der Waals surface area contributed by atoms with Crippen LogP contribution in [0.3, 0.4) is 0 Å². The first-order valence-corrected chi connectivity index (χ1v) is 11.4. The highest BCUT2D eigenvalue weighted by Crippen LogP contribution is 2.36. The summed E-state index contributed by atoms with van der Waals surface area (Å²) in [6.07, 6.45) is 10.2. The van der Waals surface area contributed by atoms with Gasteiger partial charge in [-0.1, -0.05) is 46.6 Å². The highest BCUT2D eigenvalue weighted by molar-refractivity contribution is 5.90. The van der Waals surface area contributed by atoms with Gasteiger partial charge in [-0.3, -0.25) is 19.6 Å². The predicted molar refractivity (Wildman–Crippen MR) is 115 cm³/mol. The lowest BCUT2D eigenvalue weighted by atomic mass is 9.81. The van der Waals surface area contributed by atoms with E-state index in [2.05, 4.69) is 11.4 Å². The molecule has 7 nitrogen and oxygen atoms in total. The Morgan fingerprint density at radius 3 is 2.67 bits per heavy atom. The highest BCUT2D eigenvalue weighted by Gasteiger charge is 2.40. The second kappa shape index (κ2) is 10.9. The van der Waals surface area contributed by atoms with Crippen molar-refractivity contribution in [1.29, 1.82) is 0 Å². The number of hydrogen-bond donors (Lipinski definition) is 2. The second-order valence-corrected chi connectivity index (χ2v) is 9.76. The van der Waals surface area contributed by atoms with E-state index in [4.69, 9.17) is 0 Å². The molecule has 1 fully saturated rings. The van der Waals surface area contributed by atoms with Crippen LogP contribution in [0.2, 0.25) is 0 Å². The smallest absolute Gasteiger partial charge is 0.249 e. The molecule has 0 aromatic carbocycles. The Kier molecular flexibility index (Phi) is 8.89. The molecule has 0 radical (unpaired) electrons. The van der Waals surface area contributed by atoms with Crippen LogP contribution in [0, 0.1) is 17.3 Å². The molecule has 1 heterocycles. The number of likely N-dealkylation sites (tertiary alicyclic amines) is 1. The van der Waals surface area contributed by atoms with Crippen LogP contribution in [0.25, 0.3) is 0 Å². The van der Waals surface area contributed by atoms with Crippen LogP contribution in [0.5, 0.6) is 0 Å². The number of hydrogen-bond acceptors (Lipinski definition) is 4. The maximum absolute atomic E-state index is 13.6. The fourth-order valence-corrected chi connectivity index (χ4v) is 4.50. The highest BCUT2D eigenvalue weighted by atomic mass is 16.5. The molecule has 2 aliphatic rings. The third kappa shape index (κ3) is 6.30. The van der Waals surface area contributed by atoms with Crippen LogP contribution in [0.1, 0.15) is 79.1 Å². The Bertz CT molecular complexity index is 641. The monoisotopic (exact) mass is 421 g/mol. The summed E-state index contributed by atoms with van der Waals surface area (Å²) in [5.41, 5.74) is 0.666. The number of nitrogens with zero attached hydrogens (tertiary/aromatic N) is 2. The molecule has 3 amide bonds. The van der Waals surface area contributed by atoms with Gasteiger partial charge in [0.2, 0.25) is 18.2 Å². The van der Waals surface area contributed by atoms with Gasteiger partial charge in [0.1, 0.15) is 6.04 Å². The van der Waals surface area contributed by atoms with Crippen molar-refractivity contribution in [3.8, 4) is 0 Å². The maximum atomic E-state index is 13.6. The molecule has 3 atom stereocenters. The van der Waals surface area contributed by atoms with Crippen molar-refractivity contribution in [2.24, 2.45) is 17.3 Å². The van der Waals surface area contributed by atoms with E-state index in [1.807, 2.05) is 32.6 Å². The van der Waals surface area contributed by atoms with Crippen molar-refractivity contribution >= 4 is 18.2 Å². The molecule has 0 aromatic heterocycles. The van der Waals surface area contributed by atoms with E-state index >= 15 is 0 Å². The average Bonchev–Trinajstić information content (AvgIpc) is 2.72. The zero-order chi connectivity index (χ0) is 22.3. The molecular weight excluding hydrogens is 382 g/mol. The average molecular weight is 422 g/mol. The van der Waals surface area contributed by atoms with Gasteiger partial charge < -0.3 is 10.2 Å². The van der Waals surface area contributed by atoms with Crippen molar-refractivity contribution in [1.82, 2.24) is 15.3 Å². The zero-order valence-corrected chi connectivity index (χ0v) is 19.0. The molecule has 1 aliphatic heterocycles. The number of allylic oxidation sites excluding steroid dienone is 2. The molecule has 170 valence electrons. The Balaban J connectivity index is 2.19. The Morgan fingerprint density at radius 2 is 2.03 bits per heavy atom. The van der Waals surface area contributed by atoms with E-state index in [1.54, 1.807) is 0 Å². The van der Waals surface area contributed by atoms with Gasteiger partial charge in [-0.25, -0.2) is 5.06 Å². The predicted octanol–water partition coefficient (Wildman–Crippen LogP) is 3.48. The summed E-state index contributed by atoms with van der Waals surface area (Å²) in [5.74, 6) is -0.454. The molecule has 0 aromatic rings. The summed E-state index contributed by atoms with van der Waals surface area (Å²) in [7, 11) is 0. The van der Waals surface area contributed by atoms with E-state index in [1.165, 1.54) is 6.42 Å². The van der Waals surface area contributed by atoms with Gasteiger partial charge in [-0.05, 0) is 49.9 Å². The van der Waals surface area contributed by atoms with Crippen molar-refractivity contribution in [3.63, 3.8) is 0 Å². The largest absolute Gasteiger partial charge is 0.343 e. The molecule has 0 spiro atoms. The first-order valence-electron chi connectivity index (χ1n) is 11.4. The third-order valence-corrected chi connectivity index (χ3v) is 6.25. The van der Waals surface area contributed by atoms with Crippen molar-refractivity contribution in [2.75, 3.05) is 13.1 Å². The Labute approximate surface area is 180 Å². The van der Waals surface area contributed by atoms with Crippen molar-refractivity contribution < 1.29 is 19.6 Å². The number of fused-ring (bicyclic) bond motifs is 1. The number of unbranched alkanes of at least 4 members (excludes halogenated alkanes) is 1. The van der Waals surface area contributed by atoms with E-state index in [-0.39, 0.29) is 18.4 Å². The van der Waals surface area contributed by atoms with Crippen LogP contribution < -0.4 is 5.32 Å². The zero-order valence-electron chi connectivity index (χ0n) is 19.0. The first kappa shape index (κ1) is 24.4. The van der Waals surface area contributed by atoms with Crippen molar-refractivity contribution in [3.05, 3.63) is 11.8 Å². The summed E-state index contributed by atoms with van der Waals surface area (Å²) < 4.78 is 0. The number of carbonyl (C=O) groups excluding carboxylic acids is 3. The van der Waals surface area contributed by atoms with Crippen LogP contribution in [-0.2, 0) is 14.4 Å². The summed E-state index contributed by atoms with van der Waals surface area (Å²) in [6, 6.07) is -0.668. The fraction of sp³-hybridized carbons (Fsp3) is 0.783. The van der Waals surface area contributed by atoms with Gasteiger partial charge in [-0.2, -0.15) is 0 Å². The number of nitrogens with one attached hydrogen (secondary N) is 1. The van der Waals surface area contributed by atoms with Crippen LogP contribution in [0.15, 0.2) is 11.8 Å². The minimum absolute atomic E-state index is 0.0563. The Hall–Kier alpha value is -1.89. The maximum Gasteiger partial charge on any atom is 0.249 e. The fourth-order valence-electron chi connectivity index (χ4n) is 4.50. The topological polar surface area (TPSA) is 90.0 Å². The summed E-state index contributed by atoms with van der Waals surface area (Å²) in [5, 5.41) is 13.1. The van der Waals surface area contributed by atoms with Gasteiger partial charge in [-0.15, -0.1) is 0 Å². The number of piperidine rings is 1. The standard InChI is InChI=1S/C23H39N3O4/c1-5-6-10-18(15-25(30)16-27)21(28)24-20(23(2,3)4)22(29)26-14-9-12-17-11-7-8-13-19(17)26/h13,16-18,20,30H,5-12,14-15H2,1-4H3,(H,24,28)/t17?,18-,20?/m1/s1. The quantitative estimate of drug-likeness (QED) is 0.339. The second-order valence-electron chi connectivity index (χ2n) is 9.76. The number of hydroxylamine groups is 2. The van der Waals surface area contributed by atoms with Gasteiger partial charge in [0, 0.05) is 12.2 Å². The van der Waals surface area contributed by atoms with Gasteiger partial charge in [0.25, 0.3) is 0 Å². The normalized spacial score (nSPS) is 21.2. The number of carbonyl (C=O) groups is 3. The molecule has 1 aliphatic carbocycles. The lowest BCUT2D eigenvalue weighted by Crippen LogP contribution is -2.57.